The molecule has 1 saturated heterocycles. The minimum absolute atomic E-state index is 0.294. The van der Waals surface area contributed by atoms with Crippen molar-refractivity contribution in [1.29, 1.82) is 0 Å². The van der Waals surface area contributed by atoms with Gasteiger partial charge in [0.25, 0.3) is 0 Å². The number of methoxy groups -OCH3 is 1. The molecule has 2 aliphatic heterocycles. The molecule has 0 spiro atoms. The van der Waals surface area contributed by atoms with Crippen LogP contribution in [0.3, 0.4) is 0 Å². The topological polar surface area (TPSA) is 45.7 Å². The Balaban J connectivity index is 1.79. The molecule has 3 rings (SSSR count). The van der Waals surface area contributed by atoms with Gasteiger partial charge in [0.05, 0.1) is 19.7 Å². The molecule has 1 aromatic rings. The van der Waals surface area contributed by atoms with Gasteiger partial charge in [-0.3, -0.25) is 14.6 Å². The Kier molecular flexibility index (Phi) is 4.18. The van der Waals surface area contributed by atoms with Crippen LogP contribution < -0.4 is 9.64 Å². The Bertz CT molecular complexity index is 606. The fourth-order valence-corrected chi connectivity index (χ4v) is 3.26. The van der Waals surface area contributed by atoms with E-state index in [1.54, 1.807) is 6.07 Å². The van der Waals surface area contributed by atoms with Crippen molar-refractivity contribution in [1.82, 2.24) is 9.88 Å². The smallest absolute Gasteiger partial charge is 0.401 e. The van der Waals surface area contributed by atoms with E-state index in [0.717, 1.165) is 5.56 Å². The molecule has 1 fully saturated rings. The third-order valence-electron chi connectivity index (χ3n) is 4.30. The van der Waals surface area contributed by atoms with Gasteiger partial charge >= 0.3 is 6.18 Å². The number of anilines is 1. The normalized spacial score (nSPS) is 21.6. The average molecular weight is 329 g/mol. The van der Waals surface area contributed by atoms with Gasteiger partial charge in [0, 0.05) is 12.6 Å². The number of pyridine rings is 1. The van der Waals surface area contributed by atoms with Gasteiger partial charge in [-0.25, -0.2) is 0 Å². The Morgan fingerprint density at radius 2 is 2.17 bits per heavy atom. The van der Waals surface area contributed by atoms with E-state index in [1.165, 1.54) is 16.9 Å². The van der Waals surface area contributed by atoms with Gasteiger partial charge in [0.1, 0.15) is 5.82 Å². The Morgan fingerprint density at radius 3 is 2.87 bits per heavy atom. The third-order valence-corrected chi connectivity index (χ3v) is 4.30. The minimum atomic E-state index is -4.30. The number of amides is 1. The monoisotopic (exact) mass is 329 g/mol. The van der Waals surface area contributed by atoms with Gasteiger partial charge in [-0.15, -0.1) is 0 Å². The van der Waals surface area contributed by atoms with Gasteiger partial charge < -0.3 is 4.74 Å². The fourth-order valence-electron chi connectivity index (χ4n) is 3.26. The number of likely N-dealkylation sites (tertiary alicyclic amines) is 1. The predicted octanol–water partition coefficient (Wildman–Crippen LogP) is 2.01. The predicted molar refractivity (Wildman–Crippen MR) is 77.5 cm³/mol. The second kappa shape index (κ2) is 5.99. The molecule has 1 atom stereocenters. The van der Waals surface area contributed by atoms with Crippen LogP contribution in [0.5, 0.6) is 5.88 Å². The number of aromatic nitrogens is 1. The van der Waals surface area contributed by atoms with Gasteiger partial charge in [-0.05, 0) is 37.4 Å². The second-order valence-corrected chi connectivity index (χ2v) is 5.82. The van der Waals surface area contributed by atoms with Crippen LogP contribution in [-0.2, 0) is 11.2 Å². The van der Waals surface area contributed by atoms with Crippen LogP contribution in [0, 0.1) is 0 Å². The van der Waals surface area contributed by atoms with Gasteiger partial charge in [-0.2, -0.15) is 18.2 Å². The standard InChI is InChI=1S/C15H18F3N3O2/c1-23-12-5-4-10-6-8-21(13(10)19-12)14(22)11-3-2-7-20(11)9-15(16,17)18/h4-5,11H,2-3,6-9H2,1H3. The summed E-state index contributed by atoms with van der Waals surface area (Å²) in [6.07, 6.45) is -2.60. The van der Waals surface area contributed by atoms with Crippen LogP contribution in [0.15, 0.2) is 12.1 Å². The van der Waals surface area contributed by atoms with E-state index in [1.807, 2.05) is 6.07 Å². The maximum absolute atomic E-state index is 12.7. The van der Waals surface area contributed by atoms with Crippen molar-refractivity contribution in [2.24, 2.45) is 0 Å². The summed E-state index contributed by atoms with van der Waals surface area (Å²) < 4.78 is 43.1. The van der Waals surface area contributed by atoms with Crippen molar-refractivity contribution in [3.05, 3.63) is 17.7 Å². The number of carbonyl (C=O) groups is 1. The number of hydrogen-bond donors (Lipinski definition) is 0. The summed E-state index contributed by atoms with van der Waals surface area (Å²) in [5, 5.41) is 0. The van der Waals surface area contributed by atoms with Crippen molar-refractivity contribution in [2.75, 3.05) is 31.6 Å². The molecule has 3 heterocycles. The first kappa shape index (κ1) is 16.0. The zero-order valence-electron chi connectivity index (χ0n) is 12.8. The molecule has 1 unspecified atom stereocenters. The largest absolute Gasteiger partial charge is 0.481 e. The van der Waals surface area contributed by atoms with Crippen LogP contribution in [0.2, 0.25) is 0 Å². The number of halogens is 3. The quantitative estimate of drug-likeness (QED) is 0.851. The third kappa shape index (κ3) is 3.26. The molecular weight excluding hydrogens is 311 g/mol. The summed E-state index contributed by atoms with van der Waals surface area (Å²) in [5.74, 6) is 0.599. The Labute approximate surface area is 132 Å². The van der Waals surface area contributed by atoms with Crippen molar-refractivity contribution in [3.8, 4) is 5.88 Å². The Hall–Kier alpha value is -1.83. The molecule has 0 saturated carbocycles. The zero-order chi connectivity index (χ0) is 16.6. The molecule has 126 valence electrons. The maximum atomic E-state index is 12.7. The molecule has 1 aromatic heterocycles. The maximum Gasteiger partial charge on any atom is 0.401 e. The lowest BCUT2D eigenvalue weighted by Gasteiger charge is -2.28. The first-order chi connectivity index (χ1) is 10.9. The van der Waals surface area contributed by atoms with E-state index in [4.69, 9.17) is 4.74 Å². The van der Waals surface area contributed by atoms with Gasteiger partial charge in [0.15, 0.2) is 0 Å². The van der Waals surface area contributed by atoms with E-state index in [9.17, 15) is 18.0 Å². The molecule has 0 bridgehead atoms. The summed E-state index contributed by atoms with van der Waals surface area (Å²) in [4.78, 5) is 19.7. The van der Waals surface area contributed by atoms with E-state index < -0.39 is 18.8 Å². The lowest BCUT2D eigenvalue weighted by Crippen LogP contribution is -2.48. The van der Waals surface area contributed by atoms with Crippen molar-refractivity contribution >= 4 is 11.7 Å². The molecule has 1 amide bonds. The van der Waals surface area contributed by atoms with E-state index >= 15 is 0 Å². The molecule has 0 radical (unpaired) electrons. The summed E-state index contributed by atoms with van der Waals surface area (Å²) in [6.45, 7) is -0.303. The Morgan fingerprint density at radius 1 is 1.39 bits per heavy atom. The zero-order valence-corrected chi connectivity index (χ0v) is 12.8. The highest BCUT2D eigenvalue weighted by Gasteiger charge is 2.41. The second-order valence-electron chi connectivity index (χ2n) is 5.82. The molecule has 0 N–H and O–H groups in total. The highest BCUT2D eigenvalue weighted by Crippen LogP contribution is 2.31. The summed E-state index contributed by atoms with van der Waals surface area (Å²) in [7, 11) is 1.48. The van der Waals surface area contributed by atoms with E-state index in [-0.39, 0.29) is 5.91 Å². The van der Waals surface area contributed by atoms with Crippen LogP contribution in [-0.4, -0.2) is 54.8 Å². The molecular formula is C15H18F3N3O2. The number of ether oxygens (including phenoxy) is 1. The first-order valence-electron chi connectivity index (χ1n) is 7.55. The number of rotatable bonds is 3. The SMILES string of the molecule is COc1ccc2c(n1)N(C(=O)C1CCCN1CC(F)(F)F)CC2. The molecule has 5 nitrogen and oxygen atoms in total. The van der Waals surface area contributed by atoms with Gasteiger partial charge in [-0.1, -0.05) is 0 Å². The van der Waals surface area contributed by atoms with E-state index in [2.05, 4.69) is 4.98 Å². The number of nitrogens with zero attached hydrogens (tertiary/aromatic N) is 3. The summed E-state index contributed by atoms with van der Waals surface area (Å²) >= 11 is 0. The summed E-state index contributed by atoms with van der Waals surface area (Å²) in [6, 6.07) is 2.84. The molecule has 0 aromatic carbocycles. The molecule has 23 heavy (non-hydrogen) atoms. The first-order valence-corrected chi connectivity index (χ1v) is 7.55. The van der Waals surface area contributed by atoms with Crippen LogP contribution in [0.25, 0.3) is 0 Å². The van der Waals surface area contributed by atoms with Crippen molar-refractivity contribution in [2.45, 2.75) is 31.5 Å². The molecule has 2 aliphatic rings. The van der Waals surface area contributed by atoms with E-state index in [0.29, 0.717) is 44.0 Å². The number of alkyl halides is 3. The number of carbonyl (C=O) groups excluding carboxylic acids is 1. The fraction of sp³-hybridized carbons (Fsp3) is 0.600. The number of hydrogen-bond acceptors (Lipinski definition) is 4. The lowest BCUT2D eigenvalue weighted by atomic mass is 10.2. The highest BCUT2D eigenvalue weighted by molar-refractivity contribution is 5.98. The summed E-state index contributed by atoms with van der Waals surface area (Å²) in [5.41, 5.74) is 0.916. The molecule has 8 heteroatoms. The van der Waals surface area contributed by atoms with Crippen LogP contribution in [0.1, 0.15) is 18.4 Å². The van der Waals surface area contributed by atoms with Crippen LogP contribution in [0.4, 0.5) is 19.0 Å². The highest BCUT2D eigenvalue weighted by atomic mass is 19.4. The lowest BCUT2D eigenvalue weighted by molar-refractivity contribution is -0.150. The molecule has 0 aliphatic carbocycles. The van der Waals surface area contributed by atoms with Crippen LogP contribution >= 0.6 is 0 Å². The van der Waals surface area contributed by atoms with Crippen molar-refractivity contribution in [3.63, 3.8) is 0 Å². The van der Waals surface area contributed by atoms with Gasteiger partial charge in [0.2, 0.25) is 11.8 Å². The number of fused-ring (bicyclic) bond motifs is 1. The average Bonchev–Trinajstić information content (AvgIpc) is 3.10. The van der Waals surface area contributed by atoms with Crippen molar-refractivity contribution < 1.29 is 22.7 Å². The minimum Gasteiger partial charge on any atom is -0.481 e.